The number of Topliss-reactive ketones (excluding diaryl/α,β-unsaturated/α-hetero) is 1. The van der Waals surface area contributed by atoms with Crippen molar-refractivity contribution in [3.8, 4) is 5.75 Å². The molecule has 0 spiro atoms. The third-order valence-electron chi connectivity index (χ3n) is 8.11. The van der Waals surface area contributed by atoms with Crippen LogP contribution in [0.5, 0.6) is 5.75 Å². The summed E-state index contributed by atoms with van der Waals surface area (Å²) < 4.78 is 0. The van der Waals surface area contributed by atoms with E-state index in [9.17, 15) is 34.4 Å². The number of fused-ring (bicyclic) bond motifs is 3. The van der Waals surface area contributed by atoms with Gasteiger partial charge in [0.25, 0.3) is 5.69 Å². The number of hydrogen-bond donors (Lipinski definition) is 1. The van der Waals surface area contributed by atoms with Crippen LogP contribution in [0, 0.1) is 27.9 Å². The molecule has 38 heavy (non-hydrogen) atoms. The highest BCUT2D eigenvalue weighted by molar-refractivity contribution is 6.25. The molecule has 2 aromatic carbocycles. The van der Waals surface area contributed by atoms with Crippen molar-refractivity contribution in [2.45, 2.75) is 25.7 Å². The maximum Gasteiger partial charge on any atom is 0.269 e. The molecule has 1 N–H and O–H groups in total. The van der Waals surface area contributed by atoms with Crippen LogP contribution in [0.15, 0.2) is 83.0 Å². The van der Waals surface area contributed by atoms with Crippen molar-refractivity contribution in [1.29, 1.82) is 0 Å². The van der Waals surface area contributed by atoms with E-state index in [-0.39, 0.29) is 41.0 Å². The first kappa shape index (κ1) is 23.7. The van der Waals surface area contributed by atoms with Crippen molar-refractivity contribution in [1.82, 2.24) is 0 Å². The summed E-state index contributed by atoms with van der Waals surface area (Å²) in [6.45, 7) is 1.61. The molecule has 1 fully saturated rings. The van der Waals surface area contributed by atoms with Crippen LogP contribution in [0.4, 0.5) is 11.4 Å². The fourth-order valence-electron chi connectivity index (χ4n) is 6.39. The Hall–Kier alpha value is -4.66. The molecule has 9 nitrogen and oxygen atoms in total. The zero-order valence-electron chi connectivity index (χ0n) is 20.3. The van der Waals surface area contributed by atoms with Gasteiger partial charge in [-0.15, -0.1) is 0 Å². The van der Waals surface area contributed by atoms with Crippen molar-refractivity contribution in [2.24, 2.45) is 17.8 Å². The van der Waals surface area contributed by atoms with E-state index in [4.69, 9.17) is 0 Å². The summed E-state index contributed by atoms with van der Waals surface area (Å²) in [5.41, 5.74) is 2.74. The highest BCUT2D eigenvalue weighted by atomic mass is 16.6. The molecular formula is C29H22N2O7. The number of allylic oxidation sites excluding steroid dienone is 6. The number of benzene rings is 2. The number of nitrogens with zero attached hydrogens (tertiary/aromatic N) is 2. The van der Waals surface area contributed by atoms with Gasteiger partial charge in [0.2, 0.25) is 11.8 Å². The number of non-ortho nitro benzene ring substituents is 1. The minimum atomic E-state index is -0.735. The average molecular weight is 511 g/mol. The van der Waals surface area contributed by atoms with Crippen LogP contribution in [0.1, 0.15) is 31.2 Å². The molecule has 2 amide bonds. The van der Waals surface area contributed by atoms with Crippen molar-refractivity contribution < 1.29 is 29.2 Å². The molecule has 1 aliphatic heterocycles. The average Bonchev–Trinajstić information content (AvgIpc) is 3.16. The van der Waals surface area contributed by atoms with Gasteiger partial charge in [-0.3, -0.25) is 34.2 Å². The molecule has 2 aromatic rings. The van der Waals surface area contributed by atoms with Gasteiger partial charge in [-0.1, -0.05) is 23.8 Å². The second-order valence-corrected chi connectivity index (χ2v) is 10.1. The van der Waals surface area contributed by atoms with Crippen molar-refractivity contribution in [2.75, 3.05) is 4.90 Å². The van der Waals surface area contributed by atoms with Gasteiger partial charge in [0, 0.05) is 34.8 Å². The molecule has 190 valence electrons. The Balaban J connectivity index is 1.44. The van der Waals surface area contributed by atoms with Gasteiger partial charge in [-0.05, 0) is 61.6 Å². The molecule has 4 aliphatic rings. The zero-order chi connectivity index (χ0) is 26.9. The number of phenols is 1. The minimum absolute atomic E-state index is 0.0606. The lowest BCUT2D eigenvalue weighted by Gasteiger charge is -2.42. The van der Waals surface area contributed by atoms with Gasteiger partial charge in [0.1, 0.15) is 5.75 Å². The Labute approximate surface area is 216 Å². The first-order valence-corrected chi connectivity index (χ1v) is 12.3. The largest absolute Gasteiger partial charge is 0.508 e. The lowest BCUT2D eigenvalue weighted by Crippen LogP contribution is -2.39. The van der Waals surface area contributed by atoms with E-state index in [0.717, 1.165) is 10.5 Å². The van der Waals surface area contributed by atoms with Gasteiger partial charge >= 0.3 is 0 Å². The highest BCUT2D eigenvalue weighted by Crippen LogP contribution is 2.55. The van der Waals surface area contributed by atoms with Gasteiger partial charge in [0.15, 0.2) is 11.6 Å². The summed E-state index contributed by atoms with van der Waals surface area (Å²) in [5, 5.41) is 20.9. The fourth-order valence-corrected chi connectivity index (χ4v) is 6.39. The van der Waals surface area contributed by atoms with Gasteiger partial charge < -0.3 is 5.11 Å². The van der Waals surface area contributed by atoms with E-state index < -0.39 is 34.5 Å². The van der Waals surface area contributed by atoms with Crippen LogP contribution in [-0.2, 0) is 19.2 Å². The number of anilines is 1. The summed E-state index contributed by atoms with van der Waals surface area (Å²) >= 11 is 0. The Morgan fingerprint density at radius 1 is 0.947 bits per heavy atom. The first-order valence-electron chi connectivity index (χ1n) is 12.3. The van der Waals surface area contributed by atoms with Gasteiger partial charge in [0.05, 0.1) is 22.4 Å². The lowest BCUT2D eigenvalue weighted by molar-refractivity contribution is -0.384. The molecule has 4 atom stereocenters. The predicted octanol–water partition coefficient (Wildman–Crippen LogP) is 3.93. The predicted molar refractivity (Wildman–Crippen MR) is 135 cm³/mol. The number of aromatic hydroxyl groups is 1. The second-order valence-electron chi connectivity index (χ2n) is 10.1. The molecule has 3 aliphatic carbocycles. The number of phenolic OH excluding ortho intramolecular Hbond substituents is 1. The molecule has 0 saturated carbocycles. The number of rotatable bonds is 3. The lowest BCUT2D eigenvalue weighted by atomic mass is 9.59. The topological polar surface area (TPSA) is 135 Å². The maximum atomic E-state index is 13.8. The van der Waals surface area contributed by atoms with E-state index in [1.165, 1.54) is 42.5 Å². The van der Waals surface area contributed by atoms with Gasteiger partial charge in [-0.25, -0.2) is 0 Å². The number of amides is 2. The van der Waals surface area contributed by atoms with Crippen LogP contribution in [0.2, 0.25) is 0 Å². The molecule has 0 aromatic heterocycles. The molecule has 0 radical (unpaired) electrons. The second kappa shape index (κ2) is 8.44. The zero-order valence-corrected chi connectivity index (χ0v) is 20.3. The number of carbonyl (C=O) groups is 4. The molecule has 1 saturated heterocycles. The molecule has 0 unspecified atom stereocenters. The van der Waals surface area contributed by atoms with Crippen molar-refractivity contribution in [3.05, 3.63) is 98.7 Å². The molecule has 6 rings (SSSR count). The first-order chi connectivity index (χ1) is 18.2. The van der Waals surface area contributed by atoms with E-state index in [1.807, 2.05) is 6.08 Å². The summed E-state index contributed by atoms with van der Waals surface area (Å²) in [4.78, 5) is 65.3. The normalized spacial score (nSPS) is 26.5. The number of nitro benzene ring substituents is 1. The number of imide groups is 1. The number of ketones is 2. The third kappa shape index (κ3) is 3.38. The Bertz CT molecular complexity index is 1550. The monoisotopic (exact) mass is 510 g/mol. The Morgan fingerprint density at radius 3 is 2.29 bits per heavy atom. The molecule has 0 bridgehead atoms. The summed E-state index contributed by atoms with van der Waals surface area (Å²) in [7, 11) is 0. The fraction of sp³-hybridized carbons (Fsp3) is 0.241. The number of hydrogen-bond acceptors (Lipinski definition) is 7. The van der Waals surface area contributed by atoms with E-state index in [2.05, 4.69) is 0 Å². The minimum Gasteiger partial charge on any atom is -0.508 e. The maximum absolute atomic E-state index is 13.8. The van der Waals surface area contributed by atoms with Crippen molar-refractivity contribution in [3.63, 3.8) is 0 Å². The van der Waals surface area contributed by atoms with Crippen LogP contribution in [-0.4, -0.2) is 33.4 Å². The number of carbonyl (C=O) groups excluding carboxylic acids is 4. The smallest absolute Gasteiger partial charge is 0.269 e. The Kier molecular flexibility index (Phi) is 5.27. The van der Waals surface area contributed by atoms with Gasteiger partial charge in [-0.2, -0.15) is 0 Å². The van der Waals surface area contributed by atoms with Crippen LogP contribution >= 0.6 is 0 Å². The van der Waals surface area contributed by atoms with E-state index in [0.29, 0.717) is 28.7 Å². The molecular weight excluding hydrogens is 488 g/mol. The highest BCUT2D eigenvalue weighted by Gasteiger charge is 2.56. The quantitative estimate of drug-likeness (QED) is 0.217. The van der Waals surface area contributed by atoms with Crippen LogP contribution in [0.25, 0.3) is 0 Å². The standard InChI is InChI=1S/C29H22N2O7/c1-14-12-23(33)22-13-21-19(24(26(22)27(14)34)15-2-8-18(32)9-3-15)10-11-20-25(21)29(36)30(28(20)35)16-4-6-17(7-5-16)31(37)38/h2-10,12,20-21,24-25,32H,11,13H2,1H3/t20-,21+,24-,25-/m0/s1. The summed E-state index contributed by atoms with van der Waals surface area (Å²) in [6.07, 6.45) is 3.70. The summed E-state index contributed by atoms with van der Waals surface area (Å²) in [5.74, 6) is -3.67. The van der Waals surface area contributed by atoms with Crippen LogP contribution in [0.3, 0.4) is 0 Å². The summed E-state index contributed by atoms with van der Waals surface area (Å²) in [6, 6.07) is 11.7. The van der Waals surface area contributed by atoms with E-state index >= 15 is 0 Å². The van der Waals surface area contributed by atoms with E-state index in [1.54, 1.807) is 19.1 Å². The number of nitro groups is 1. The van der Waals surface area contributed by atoms with Crippen molar-refractivity contribution >= 4 is 34.8 Å². The Morgan fingerprint density at radius 2 is 1.63 bits per heavy atom. The third-order valence-corrected chi connectivity index (χ3v) is 8.11. The van der Waals surface area contributed by atoms with Crippen LogP contribution < -0.4 is 4.90 Å². The molecule has 9 heteroatoms. The molecule has 1 heterocycles. The SMILES string of the molecule is CC1=CC(=O)C2=C(C1=O)[C@@H](c1ccc(O)cc1)C1=CC[C@@H]3C(=O)N(c4ccc([N+](=O)[O-])cc4)C(=O)[C@@H]3[C@@H]1C2.